The average Bonchev–Trinajstić information content (AvgIpc) is 2.15. The smallest absolute Gasteiger partial charge is 0.327 e. The minimum absolute atomic E-state index is 0.194. The number of aliphatic carboxylic acids is 2. The number of hydrogen-bond donors (Lipinski definition) is 4. The summed E-state index contributed by atoms with van der Waals surface area (Å²) in [5, 5.41) is 19.1. The average molecular weight is 228 g/mol. The summed E-state index contributed by atoms with van der Waals surface area (Å²) in [5.74, 6) is -1.32. The molecule has 0 unspecified atom stereocenters. The van der Waals surface area contributed by atoms with Gasteiger partial charge in [-0.2, -0.15) is 0 Å². The first kappa shape index (κ1) is 13.9. The molecule has 0 spiro atoms. The molecule has 0 heterocycles. The molecule has 0 aliphatic heterocycles. The van der Waals surface area contributed by atoms with E-state index >= 15 is 0 Å². The Morgan fingerprint density at radius 3 is 2.31 bits per heavy atom. The standard InChI is InChI=1S/C9H12N2O5/c1-2-3-6(9(15)16)11-8(14)5(10)4-7(12)13/h1,5-6H,3-4,10H2,(H,11,14)(H,12,13)(H,15,16)/t5-,6-/m0/s1. The molecule has 0 fully saturated rings. The van der Waals surface area contributed by atoms with Crippen LogP contribution in [0.3, 0.4) is 0 Å². The third kappa shape index (κ3) is 4.97. The third-order valence-corrected chi connectivity index (χ3v) is 1.67. The van der Waals surface area contributed by atoms with Gasteiger partial charge in [-0.15, -0.1) is 12.3 Å². The van der Waals surface area contributed by atoms with Gasteiger partial charge in [0.25, 0.3) is 0 Å². The van der Waals surface area contributed by atoms with Crippen LogP contribution in [0.5, 0.6) is 0 Å². The number of terminal acetylenes is 1. The summed E-state index contributed by atoms with van der Waals surface area (Å²) < 4.78 is 0. The van der Waals surface area contributed by atoms with Gasteiger partial charge in [-0.1, -0.05) is 0 Å². The van der Waals surface area contributed by atoms with Crippen molar-refractivity contribution in [1.82, 2.24) is 5.32 Å². The van der Waals surface area contributed by atoms with Gasteiger partial charge in [0.1, 0.15) is 6.04 Å². The van der Waals surface area contributed by atoms with Crippen molar-refractivity contribution in [1.29, 1.82) is 0 Å². The van der Waals surface area contributed by atoms with Crippen LogP contribution in [-0.2, 0) is 14.4 Å². The first-order valence-corrected chi connectivity index (χ1v) is 4.32. The zero-order chi connectivity index (χ0) is 12.7. The van der Waals surface area contributed by atoms with Crippen molar-refractivity contribution in [3.8, 4) is 12.3 Å². The summed E-state index contributed by atoms with van der Waals surface area (Å²) >= 11 is 0. The fraction of sp³-hybridized carbons (Fsp3) is 0.444. The molecule has 16 heavy (non-hydrogen) atoms. The monoisotopic (exact) mass is 228 g/mol. The van der Waals surface area contributed by atoms with E-state index in [2.05, 4.69) is 11.2 Å². The summed E-state index contributed by atoms with van der Waals surface area (Å²) in [6.07, 6.45) is 4.14. The van der Waals surface area contributed by atoms with E-state index in [4.69, 9.17) is 22.4 Å². The summed E-state index contributed by atoms with van der Waals surface area (Å²) in [6, 6.07) is -2.55. The molecule has 0 aliphatic carbocycles. The molecule has 0 saturated heterocycles. The van der Waals surface area contributed by atoms with E-state index in [0.29, 0.717) is 0 Å². The van der Waals surface area contributed by atoms with E-state index in [1.54, 1.807) is 0 Å². The van der Waals surface area contributed by atoms with Gasteiger partial charge >= 0.3 is 11.9 Å². The van der Waals surface area contributed by atoms with Gasteiger partial charge < -0.3 is 21.3 Å². The van der Waals surface area contributed by atoms with Crippen LogP contribution in [0.1, 0.15) is 12.8 Å². The van der Waals surface area contributed by atoms with Crippen LogP contribution < -0.4 is 11.1 Å². The van der Waals surface area contributed by atoms with Gasteiger partial charge in [-0.05, 0) is 0 Å². The molecule has 7 nitrogen and oxygen atoms in total. The van der Waals surface area contributed by atoms with Crippen molar-refractivity contribution in [3.63, 3.8) is 0 Å². The van der Waals surface area contributed by atoms with Gasteiger partial charge in [-0.25, -0.2) is 4.79 Å². The van der Waals surface area contributed by atoms with Gasteiger partial charge in [0.2, 0.25) is 5.91 Å². The third-order valence-electron chi connectivity index (χ3n) is 1.67. The van der Waals surface area contributed by atoms with Crippen molar-refractivity contribution in [2.24, 2.45) is 5.73 Å². The molecule has 0 bridgehead atoms. The molecule has 0 rings (SSSR count). The van der Waals surface area contributed by atoms with E-state index in [0.717, 1.165) is 0 Å². The van der Waals surface area contributed by atoms with Crippen molar-refractivity contribution in [3.05, 3.63) is 0 Å². The van der Waals surface area contributed by atoms with Crippen LogP contribution in [0.2, 0.25) is 0 Å². The Hall–Kier alpha value is -2.07. The lowest BCUT2D eigenvalue weighted by Crippen LogP contribution is -2.48. The lowest BCUT2D eigenvalue weighted by molar-refractivity contribution is -0.142. The topological polar surface area (TPSA) is 130 Å². The number of nitrogens with one attached hydrogen (secondary N) is 1. The molecule has 88 valence electrons. The van der Waals surface area contributed by atoms with Crippen LogP contribution in [0.15, 0.2) is 0 Å². The highest BCUT2D eigenvalue weighted by atomic mass is 16.4. The molecule has 2 atom stereocenters. The highest BCUT2D eigenvalue weighted by Gasteiger charge is 2.23. The van der Waals surface area contributed by atoms with Gasteiger partial charge in [0.15, 0.2) is 0 Å². The highest BCUT2D eigenvalue weighted by molar-refractivity contribution is 5.89. The highest BCUT2D eigenvalue weighted by Crippen LogP contribution is 1.94. The minimum atomic E-state index is -1.30. The van der Waals surface area contributed by atoms with E-state index in [-0.39, 0.29) is 6.42 Å². The number of rotatable bonds is 6. The zero-order valence-corrected chi connectivity index (χ0v) is 8.34. The minimum Gasteiger partial charge on any atom is -0.481 e. The number of nitrogens with two attached hydrogens (primary N) is 1. The number of hydrogen-bond acceptors (Lipinski definition) is 4. The molecule has 5 N–H and O–H groups in total. The number of carboxylic acid groups (broad SMARTS) is 2. The molecule has 0 aromatic carbocycles. The second kappa shape index (κ2) is 6.42. The quantitative estimate of drug-likeness (QED) is 0.404. The zero-order valence-electron chi connectivity index (χ0n) is 8.34. The first-order valence-electron chi connectivity index (χ1n) is 4.32. The summed E-state index contributed by atoms with van der Waals surface area (Å²) in [5.41, 5.74) is 5.23. The van der Waals surface area contributed by atoms with Crippen molar-refractivity contribution in [2.75, 3.05) is 0 Å². The number of amides is 1. The maximum atomic E-state index is 11.2. The van der Waals surface area contributed by atoms with E-state index in [1.807, 2.05) is 0 Å². The van der Waals surface area contributed by atoms with Crippen molar-refractivity contribution in [2.45, 2.75) is 24.9 Å². The largest absolute Gasteiger partial charge is 0.481 e. The normalized spacial score (nSPS) is 13.2. The van der Waals surface area contributed by atoms with E-state index < -0.39 is 36.4 Å². The maximum absolute atomic E-state index is 11.2. The fourth-order valence-electron chi connectivity index (χ4n) is 0.878. The predicted octanol–water partition coefficient (Wildman–Crippen LogP) is -1.62. The van der Waals surface area contributed by atoms with Gasteiger partial charge in [0, 0.05) is 6.42 Å². The fourth-order valence-corrected chi connectivity index (χ4v) is 0.878. The summed E-state index contributed by atoms with van der Waals surface area (Å²) in [6.45, 7) is 0. The van der Waals surface area contributed by atoms with Crippen LogP contribution >= 0.6 is 0 Å². The Morgan fingerprint density at radius 2 is 1.94 bits per heavy atom. The molecule has 0 saturated carbocycles. The van der Waals surface area contributed by atoms with Crippen LogP contribution in [-0.4, -0.2) is 40.1 Å². The Morgan fingerprint density at radius 1 is 1.38 bits per heavy atom. The van der Waals surface area contributed by atoms with Crippen LogP contribution in [0.4, 0.5) is 0 Å². The molecular formula is C9H12N2O5. The first-order chi connectivity index (χ1) is 7.38. The lowest BCUT2D eigenvalue weighted by atomic mass is 10.1. The summed E-state index contributed by atoms with van der Waals surface area (Å²) in [4.78, 5) is 32.1. The number of carbonyl (C=O) groups excluding carboxylic acids is 1. The maximum Gasteiger partial charge on any atom is 0.327 e. The molecule has 0 radical (unpaired) electrons. The number of carbonyl (C=O) groups is 3. The Bertz CT molecular complexity index is 333. The van der Waals surface area contributed by atoms with E-state index in [9.17, 15) is 14.4 Å². The SMILES string of the molecule is C#CC[C@H](NC(=O)[C@@H](N)CC(=O)O)C(=O)O. The second-order valence-corrected chi connectivity index (χ2v) is 3.01. The Labute approximate surface area is 91.6 Å². The molecule has 0 aromatic heterocycles. The van der Waals surface area contributed by atoms with Gasteiger partial charge in [0.05, 0.1) is 12.5 Å². The van der Waals surface area contributed by atoms with Crippen molar-refractivity contribution >= 4 is 17.8 Å². The Kier molecular flexibility index (Phi) is 5.59. The lowest BCUT2D eigenvalue weighted by Gasteiger charge is -2.14. The van der Waals surface area contributed by atoms with Crippen LogP contribution in [0.25, 0.3) is 0 Å². The van der Waals surface area contributed by atoms with Crippen molar-refractivity contribution < 1.29 is 24.6 Å². The molecule has 7 heteroatoms. The number of carboxylic acids is 2. The van der Waals surface area contributed by atoms with Crippen LogP contribution in [0, 0.1) is 12.3 Å². The second-order valence-electron chi connectivity index (χ2n) is 3.01. The van der Waals surface area contributed by atoms with E-state index in [1.165, 1.54) is 0 Å². The predicted molar refractivity (Wildman–Crippen MR) is 53.2 cm³/mol. The molecule has 0 aliphatic rings. The molecule has 1 amide bonds. The Balaban J connectivity index is 4.35. The van der Waals surface area contributed by atoms with Gasteiger partial charge in [-0.3, -0.25) is 9.59 Å². The molecule has 0 aromatic rings. The summed E-state index contributed by atoms with van der Waals surface area (Å²) in [7, 11) is 0. The molecular weight excluding hydrogens is 216 g/mol.